The van der Waals surface area contributed by atoms with Gasteiger partial charge in [-0.3, -0.25) is 0 Å². The van der Waals surface area contributed by atoms with Crippen LogP contribution in [0.25, 0.3) is 0 Å². The lowest BCUT2D eigenvalue weighted by atomic mass is 10.4. The maximum Gasteiger partial charge on any atom is 0.133 e. The molecule has 0 aliphatic carbocycles. The highest BCUT2D eigenvalue weighted by Gasteiger charge is 1.96. The third kappa shape index (κ3) is 2.20. The highest BCUT2D eigenvalue weighted by atomic mass is 35.5. The maximum atomic E-state index is 5.74. The van der Waals surface area contributed by atoms with Gasteiger partial charge >= 0.3 is 0 Å². The quantitative estimate of drug-likeness (QED) is 0.767. The minimum atomic E-state index is 0.464. The van der Waals surface area contributed by atoms with Crippen LogP contribution in [0.2, 0.25) is 5.15 Å². The molecule has 2 aromatic heterocycles. The number of rotatable bonds is 2. The van der Waals surface area contributed by atoms with E-state index in [-0.39, 0.29) is 0 Å². The van der Waals surface area contributed by atoms with E-state index in [1.807, 2.05) is 30.3 Å². The van der Waals surface area contributed by atoms with Gasteiger partial charge in [0.2, 0.25) is 0 Å². The van der Waals surface area contributed by atoms with Crippen LogP contribution in [-0.2, 0) is 0 Å². The Kier molecular flexibility index (Phi) is 2.60. The molecule has 0 spiro atoms. The first-order chi connectivity index (χ1) is 6.84. The molecule has 2 aromatic rings. The van der Waals surface area contributed by atoms with Gasteiger partial charge in [-0.1, -0.05) is 23.7 Å². The summed E-state index contributed by atoms with van der Waals surface area (Å²) in [5, 5.41) is 3.50. The molecule has 14 heavy (non-hydrogen) atoms. The zero-order chi connectivity index (χ0) is 9.80. The van der Waals surface area contributed by atoms with Crippen molar-refractivity contribution in [2.75, 3.05) is 5.32 Å². The van der Waals surface area contributed by atoms with Gasteiger partial charge in [0.15, 0.2) is 0 Å². The standard InChI is InChI=1S/C10H8ClN3/c11-8-4-3-6-10(13-8)14-9-5-1-2-7-12-9/h1-7H,(H,12,13,14). The Labute approximate surface area is 86.8 Å². The molecule has 0 saturated heterocycles. The van der Waals surface area contributed by atoms with E-state index in [0.29, 0.717) is 11.0 Å². The summed E-state index contributed by atoms with van der Waals surface area (Å²) in [4.78, 5) is 8.19. The first-order valence-electron chi connectivity index (χ1n) is 4.15. The average molecular weight is 206 g/mol. The van der Waals surface area contributed by atoms with E-state index in [1.54, 1.807) is 12.3 Å². The van der Waals surface area contributed by atoms with Crippen molar-refractivity contribution >= 4 is 23.2 Å². The van der Waals surface area contributed by atoms with Crippen LogP contribution in [0.3, 0.4) is 0 Å². The molecule has 0 radical (unpaired) electrons. The lowest BCUT2D eigenvalue weighted by Crippen LogP contribution is -1.94. The average Bonchev–Trinajstić information content (AvgIpc) is 2.19. The first-order valence-corrected chi connectivity index (χ1v) is 4.53. The summed E-state index contributed by atoms with van der Waals surface area (Å²) in [5.41, 5.74) is 0. The summed E-state index contributed by atoms with van der Waals surface area (Å²) < 4.78 is 0. The molecule has 0 unspecified atom stereocenters. The molecule has 0 fully saturated rings. The number of nitrogens with zero attached hydrogens (tertiary/aromatic N) is 2. The Morgan fingerprint density at radius 1 is 1.00 bits per heavy atom. The van der Waals surface area contributed by atoms with E-state index in [4.69, 9.17) is 11.6 Å². The first kappa shape index (κ1) is 8.97. The zero-order valence-electron chi connectivity index (χ0n) is 7.31. The van der Waals surface area contributed by atoms with Crippen molar-refractivity contribution in [2.24, 2.45) is 0 Å². The Morgan fingerprint density at radius 2 is 1.86 bits per heavy atom. The second kappa shape index (κ2) is 4.07. The summed E-state index contributed by atoms with van der Waals surface area (Å²) in [5.74, 6) is 1.44. The molecule has 0 amide bonds. The van der Waals surface area contributed by atoms with Crippen LogP contribution in [-0.4, -0.2) is 9.97 Å². The van der Waals surface area contributed by atoms with Gasteiger partial charge in [0, 0.05) is 6.20 Å². The highest BCUT2D eigenvalue weighted by Crippen LogP contribution is 2.13. The largest absolute Gasteiger partial charge is 0.325 e. The van der Waals surface area contributed by atoms with Crippen LogP contribution in [0, 0.1) is 0 Å². The van der Waals surface area contributed by atoms with Crippen LogP contribution in [0.1, 0.15) is 0 Å². The molecule has 2 rings (SSSR count). The Balaban J connectivity index is 2.19. The summed E-state index contributed by atoms with van der Waals surface area (Å²) in [7, 11) is 0. The van der Waals surface area contributed by atoms with Crippen LogP contribution in [0.15, 0.2) is 42.6 Å². The Bertz CT molecular complexity index is 417. The van der Waals surface area contributed by atoms with E-state index in [2.05, 4.69) is 15.3 Å². The van der Waals surface area contributed by atoms with E-state index in [1.165, 1.54) is 0 Å². The number of anilines is 2. The molecular formula is C10H8ClN3. The number of hydrogen-bond donors (Lipinski definition) is 1. The van der Waals surface area contributed by atoms with Crippen molar-refractivity contribution in [3.8, 4) is 0 Å². The molecule has 70 valence electrons. The lowest BCUT2D eigenvalue weighted by Gasteiger charge is -2.03. The topological polar surface area (TPSA) is 37.8 Å². The van der Waals surface area contributed by atoms with Gasteiger partial charge in [-0.15, -0.1) is 0 Å². The lowest BCUT2D eigenvalue weighted by molar-refractivity contribution is 1.25. The van der Waals surface area contributed by atoms with E-state index < -0.39 is 0 Å². The minimum Gasteiger partial charge on any atom is -0.325 e. The SMILES string of the molecule is Clc1cccc(Nc2ccccn2)n1. The minimum absolute atomic E-state index is 0.464. The third-order valence-electron chi connectivity index (χ3n) is 1.64. The fraction of sp³-hybridized carbons (Fsp3) is 0. The van der Waals surface area contributed by atoms with E-state index in [0.717, 1.165) is 5.82 Å². The predicted octanol–water partition coefficient (Wildman–Crippen LogP) is 2.87. The third-order valence-corrected chi connectivity index (χ3v) is 1.85. The molecule has 1 N–H and O–H groups in total. The summed E-state index contributed by atoms with van der Waals surface area (Å²) in [6, 6.07) is 11.0. The predicted molar refractivity (Wildman–Crippen MR) is 56.8 cm³/mol. The van der Waals surface area contributed by atoms with E-state index in [9.17, 15) is 0 Å². The molecule has 0 aliphatic heterocycles. The van der Waals surface area contributed by atoms with Crippen LogP contribution in [0.5, 0.6) is 0 Å². The Hall–Kier alpha value is -1.61. The van der Waals surface area contributed by atoms with Crippen molar-refractivity contribution in [2.45, 2.75) is 0 Å². The van der Waals surface area contributed by atoms with Crippen molar-refractivity contribution in [3.63, 3.8) is 0 Å². The summed E-state index contributed by atoms with van der Waals surface area (Å²) >= 11 is 5.74. The van der Waals surface area contributed by atoms with E-state index >= 15 is 0 Å². The maximum absolute atomic E-state index is 5.74. The van der Waals surface area contributed by atoms with Crippen LogP contribution >= 0.6 is 11.6 Å². The van der Waals surface area contributed by atoms with Crippen LogP contribution in [0.4, 0.5) is 11.6 Å². The second-order valence-electron chi connectivity index (χ2n) is 2.69. The molecule has 0 saturated carbocycles. The fourth-order valence-electron chi connectivity index (χ4n) is 1.05. The smallest absolute Gasteiger partial charge is 0.133 e. The molecule has 4 heteroatoms. The molecule has 0 atom stereocenters. The van der Waals surface area contributed by atoms with Gasteiger partial charge in [-0.2, -0.15) is 0 Å². The number of nitrogens with one attached hydrogen (secondary N) is 1. The fourth-order valence-corrected chi connectivity index (χ4v) is 1.21. The van der Waals surface area contributed by atoms with Gasteiger partial charge in [-0.05, 0) is 24.3 Å². The number of pyridine rings is 2. The van der Waals surface area contributed by atoms with Crippen molar-refractivity contribution in [1.82, 2.24) is 9.97 Å². The summed E-state index contributed by atoms with van der Waals surface area (Å²) in [6.45, 7) is 0. The zero-order valence-corrected chi connectivity index (χ0v) is 8.07. The summed E-state index contributed by atoms with van der Waals surface area (Å²) in [6.07, 6.45) is 1.72. The molecule has 3 nitrogen and oxygen atoms in total. The van der Waals surface area contributed by atoms with Gasteiger partial charge < -0.3 is 5.32 Å². The molecular weight excluding hydrogens is 198 g/mol. The van der Waals surface area contributed by atoms with Crippen LogP contribution < -0.4 is 5.32 Å². The van der Waals surface area contributed by atoms with Crippen molar-refractivity contribution < 1.29 is 0 Å². The molecule has 0 aliphatic rings. The van der Waals surface area contributed by atoms with Gasteiger partial charge in [0.05, 0.1) is 0 Å². The monoisotopic (exact) mass is 205 g/mol. The Morgan fingerprint density at radius 3 is 2.57 bits per heavy atom. The highest BCUT2D eigenvalue weighted by molar-refractivity contribution is 6.29. The molecule has 2 heterocycles. The second-order valence-corrected chi connectivity index (χ2v) is 3.07. The normalized spacial score (nSPS) is 9.79. The van der Waals surface area contributed by atoms with Gasteiger partial charge in [-0.25, -0.2) is 9.97 Å². The number of aromatic nitrogens is 2. The van der Waals surface area contributed by atoms with Gasteiger partial charge in [0.25, 0.3) is 0 Å². The number of halogens is 1. The molecule has 0 aromatic carbocycles. The van der Waals surface area contributed by atoms with Crippen molar-refractivity contribution in [3.05, 3.63) is 47.7 Å². The van der Waals surface area contributed by atoms with Crippen molar-refractivity contribution in [1.29, 1.82) is 0 Å². The molecule has 0 bridgehead atoms. The number of hydrogen-bond acceptors (Lipinski definition) is 3. The van der Waals surface area contributed by atoms with Gasteiger partial charge in [0.1, 0.15) is 16.8 Å².